The second-order valence-electron chi connectivity index (χ2n) is 4.30. The summed E-state index contributed by atoms with van der Waals surface area (Å²) in [5.41, 5.74) is 0. The standard InChI is InChI=1S/C12H15NO5S/c14-12(15)18-10-6-8-13(9-7-10)19(16,17)11-4-2-1-3-5-11/h1-5,10H,6-9H2,(H,14,15). The monoisotopic (exact) mass is 285 g/mol. The molecular weight excluding hydrogens is 270 g/mol. The Morgan fingerprint density at radius 3 is 2.32 bits per heavy atom. The van der Waals surface area contributed by atoms with Gasteiger partial charge in [-0.15, -0.1) is 0 Å². The van der Waals surface area contributed by atoms with Gasteiger partial charge in [0.25, 0.3) is 0 Å². The average Bonchev–Trinajstić information content (AvgIpc) is 2.40. The molecule has 0 bridgehead atoms. The molecule has 1 fully saturated rings. The van der Waals surface area contributed by atoms with E-state index < -0.39 is 22.3 Å². The number of carbonyl (C=O) groups is 1. The molecule has 7 heteroatoms. The second-order valence-corrected chi connectivity index (χ2v) is 6.24. The molecule has 19 heavy (non-hydrogen) atoms. The highest BCUT2D eigenvalue weighted by molar-refractivity contribution is 7.89. The fraction of sp³-hybridized carbons (Fsp3) is 0.417. The zero-order valence-corrected chi connectivity index (χ0v) is 11.0. The van der Waals surface area contributed by atoms with Crippen LogP contribution in [0.1, 0.15) is 12.8 Å². The van der Waals surface area contributed by atoms with E-state index in [1.54, 1.807) is 30.3 Å². The van der Waals surface area contributed by atoms with Gasteiger partial charge in [0.2, 0.25) is 10.0 Å². The van der Waals surface area contributed by atoms with E-state index in [4.69, 9.17) is 5.11 Å². The number of sulfonamides is 1. The molecule has 2 rings (SSSR count). The van der Waals surface area contributed by atoms with E-state index in [0.29, 0.717) is 12.8 Å². The number of benzene rings is 1. The fourth-order valence-electron chi connectivity index (χ4n) is 2.07. The molecular formula is C12H15NO5S. The van der Waals surface area contributed by atoms with Gasteiger partial charge in [0.15, 0.2) is 0 Å². The van der Waals surface area contributed by atoms with Crippen LogP contribution in [-0.2, 0) is 14.8 Å². The van der Waals surface area contributed by atoms with E-state index in [-0.39, 0.29) is 18.0 Å². The molecule has 1 aromatic carbocycles. The van der Waals surface area contributed by atoms with Gasteiger partial charge in [0, 0.05) is 13.1 Å². The maximum Gasteiger partial charge on any atom is 0.506 e. The largest absolute Gasteiger partial charge is 0.506 e. The Morgan fingerprint density at radius 2 is 1.79 bits per heavy atom. The van der Waals surface area contributed by atoms with E-state index in [1.165, 1.54) is 4.31 Å². The summed E-state index contributed by atoms with van der Waals surface area (Å²) in [6.45, 7) is 0.546. The Balaban J connectivity index is 2.03. The molecule has 0 saturated carbocycles. The summed E-state index contributed by atoms with van der Waals surface area (Å²) in [6, 6.07) is 8.21. The van der Waals surface area contributed by atoms with Gasteiger partial charge in [0.1, 0.15) is 6.10 Å². The number of nitrogens with zero attached hydrogens (tertiary/aromatic N) is 1. The van der Waals surface area contributed by atoms with Crippen LogP contribution in [0.25, 0.3) is 0 Å². The van der Waals surface area contributed by atoms with Crippen molar-refractivity contribution in [2.45, 2.75) is 23.8 Å². The van der Waals surface area contributed by atoms with Crippen LogP contribution in [0.3, 0.4) is 0 Å². The predicted molar refractivity (Wildman–Crippen MR) is 67.3 cm³/mol. The van der Waals surface area contributed by atoms with Gasteiger partial charge in [-0.2, -0.15) is 4.31 Å². The minimum Gasteiger partial charge on any atom is -0.450 e. The number of hydrogen-bond acceptors (Lipinski definition) is 4. The van der Waals surface area contributed by atoms with Gasteiger partial charge in [-0.05, 0) is 25.0 Å². The third kappa shape index (κ3) is 3.24. The summed E-state index contributed by atoms with van der Waals surface area (Å²) in [6.07, 6.45) is -0.958. The first-order valence-electron chi connectivity index (χ1n) is 5.95. The molecule has 0 aliphatic carbocycles. The zero-order chi connectivity index (χ0) is 13.9. The second kappa shape index (κ2) is 5.58. The predicted octanol–water partition coefficient (Wildman–Crippen LogP) is 1.53. The molecule has 1 saturated heterocycles. The van der Waals surface area contributed by atoms with E-state index in [0.717, 1.165) is 0 Å². The quantitative estimate of drug-likeness (QED) is 0.851. The van der Waals surface area contributed by atoms with Crippen LogP contribution in [0, 0.1) is 0 Å². The topological polar surface area (TPSA) is 83.9 Å². The third-order valence-corrected chi connectivity index (χ3v) is 4.96. The molecule has 1 aliphatic rings. The SMILES string of the molecule is O=C(O)OC1CCN(S(=O)(=O)c2ccccc2)CC1. The molecule has 104 valence electrons. The molecule has 0 radical (unpaired) electrons. The van der Waals surface area contributed by atoms with Crippen molar-refractivity contribution in [1.29, 1.82) is 0 Å². The van der Waals surface area contributed by atoms with Crippen LogP contribution < -0.4 is 0 Å². The average molecular weight is 285 g/mol. The van der Waals surface area contributed by atoms with E-state index in [9.17, 15) is 13.2 Å². The van der Waals surface area contributed by atoms with Crippen molar-refractivity contribution in [3.8, 4) is 0 Å². The normalized spacial score (nSPS) is 18.1. The Labute approximate surface area is 111 Å². The first-order valence-corrected chi connectivity index (χ1v) is 7.39. The lowest BCUT2D eigenvalue weighted by molar-refractivity contribution is 0.0307. The number of ether oxygens (including phenoxy) is 1. The summed E-state index contributed by atoms with van der Waals surface area (Å²) in [7, 11) is -3.48. The summed E-state index contributed by atoms with van der Waals surface area (Å²) in [5.74, 6) is 0. The summed E-state index contributed by atoms with van der Waals surface area (Å²) < 4.78 is 30.6. The first-order chi connectivity index (χ1) is 9.00. The van der Waals surface area contributed by atoms with Crippen molar-refractivity contribution in [2.24, 2.45) is 0 Å². The molecule has 1 heterocycles. The molecule has 1 aromatic rings. The molecule has 0 atom stereocenters. The molecule has 0 unspecified atom stereocenters. The van der Waals surface area contributed by atoms with Gasteiger partial charge in [-0.1, -0.05) is 18.2 Å². The Hall–Kier alpha value is -1.60. The fourth-order valence-corrected chi connectivity index (χ4v) is 3.57. The van der Waals surface area contributed by atoms with E-state index in [1.807, 2.05) is 0 Å². The van der Waals surface area contributed by atoms with Crippen LogP contribution in [0.4, 0.5) is 4.79 Å². The van der Waals surface area contributed by atoms with Crippen molar-refractivity contribution in [3.05, 3.63) is 30.3 Å². The van der Waals surface area contributed by atoms with Gasteiger partial charge in [0.05, 0.1) is 4.90 Å². The minimum absolute atomic E-state index is 0.257. The lowest BCUT2D eigenvalue weighted by atomic mass is 10.1. The van der Waals surface area contributed by atoms with Crippen molar-refractivity contribution < 1.29 is 23.1 Å². The number of hydrogen-bond donors (Lipinski definition) is 1. The lowest BCUT2D eigenvalue weighted by Crippen LogP contribution is -2.41. The molecule has 1 aliphatic heterocycles. The van der Waals surface area contributed by atoms with Crippen LogP contribution >= 0.6 is 0 Å². The Bertz CT molecular complexity index is 534. The highest BCUT2D eigenvalue weighted by Gasteiger charge is 2.30. The molecule has 1 N–H and O–H groups in total. The maximum absolute atomic E-state index is 12.3. The molecule has 0 spiro atoms. The molecule has 0 amide bonds. The van der Waals surface area contributed by atoms with Gasteiger partial charge in [-0.25, -0.2) is 13.2 Å². The smallest absolute Gasteiger partial charge is 0.450 e. The van der Waals surface area contributed by atoms with E-state index in [2.05, 4.69) is 4.74 Å². The van der Waals surface area contributed by atoms with Crippen LogP contribution in [-0.4, -0.2) is 43.2 Å². The van der Waals surface area contributed by atoms with Crippen LogP contribution in [0.5, 0.6) is 0 Å². The highest BCUT2D eigenvalue weighted by atomic mass is 32.2. The summed E-state index contributed by atoms with van der Waals surface area (Å²) >= 11 is 0. The molecule has 6 nitrogen and oxygen atoms in total. The van der Waals surface area contributed by atoms with Gasteiger partial charge < -0.3 is 9.84 Å². The van der Waals surface area contributed by atoms with Crippen molar-refractivity contribution in [1.82, 2.24) is 4.31 Å². The third-order valence-electron chi connectivity index (χ3n) is 3.05. The van der Waals surface area contributed by atoms with Crippen molar-refractivity contribution in [2.75, 3.05) is 13.1 Å². The van der Waals surface area contributed by atoms with E-state index >= 15 is 0 Å². The highest BCUT2D eigenvalue weighted by Crippen LogP contribution is 2.21. The Morgan fingerprint density at radius 1 is 1.21 bits per heavy atom. The number of rotatable bonds is 3. The van der Waals surface area contributed by atoms with Crippen molar-refractivity contribution in [3.63, 3.8) is 0 Å². The summed E-state index contributed by atoms with van der Waals surface area (Å²) in [5, 5.41) is 8.52. The number of piperidine rings is 1. The first kappa shape index (κ1) is 13.8. The Kier molecular flexibility index (Phi) is 4.06. The zero-order valence-electron chi connectivity index (χ0n) is 10.2. The van der Waals surface area contributed by atoms with Crippen molar-refractivity contribution >= 4 is 16.2 Å². The maximum atomic E-state index is 12.3. The van der Waals surface area contributed by atoms with Gasteiger partial charge >= 0.3 is 6.16 Å². The molecule has 0 aromatic heterocycles. The van der Waals surface area contributed by atoms with Crippen LogP contribution in [0.15, 0.2) is 35.2 Å². The summed E-state index contributed by atoms with van der Waals surface area (Å²) in [4.78, 5) is 10.7. The lowest BCUT2D eigenvalue weighted by Gasteiger charge is -2.30. The minimum atomic E-state index is -3.48. The number of carboxylic acid groups (broad SMARTS) is 1. The van der Waals surface area contributed by atoms with Gasteiger partial charge in [-0.3, -0.25) is 0 Å². The van der Waals surface area contributed by atoms with Crippen LogP contribution in [0.2, 0.25) is 0 Å².